The zero-order valence-electron chi connectivity index (χ0n) is 11.5. The van der Waals surface area contributed by atoms with Gasteiger partial charge in [0.15, 0.2) is 6.61 Å². The Balaban J connectivity index is 1.85. The molecule has 0 fully saturated rings. The Morgan fingerprint density at radius 1 is 1.29 bits per heavy atom. The summed E-state index contributed by atoms with van der Waals surface area (Å²) in [4.78, 5) is 11.8. The van der Waals surface area contributed by atoms with E-state index in [4.69, 9.17) is 16.3 Å². The van der Waals surface area contributed by atoms with Gasteiger partial charge in [-0.2, -0.15) is 0 Å². The van der Waals surface area contributed by atoms with E-state index < -0.39 is 5.82 Å². The van der Waals surface area contributed by atoms with E-state index in [1.165, 1.54) is 18.2 Å². The molecule has 1 N–H and O–H groups in total. The van der Waals surface area contributed by atoms with Crippen molar-refractivity contribution < 1.29 is 13.9 Å². The van der Waals surface area contributed by atoms with E-state index >= 15 is 0 Å². The summed E-state index contributed by atoms with van der Waals surface area (Å²) in [7, 11) is 0. The van der Waals surface area contributed by atoms with Crippen LogP contribution < -0.4 is 10.1 Å². The van der Waals surface area contributed by atoms with Crippen molar-refractivity contribution in [3.05, 3.63) is 64.9 Å². The molecule has 2 rings (SSSR count). The lowest BCUT2D eigenvalue weighted by Crippen LogP contribution is -2.31. The minimum Gasteiger partial charge on any atom is -0.484 e. The molecule has 0 aliphatic carbocycles. The van der Waals surface area contributed by atoms with Crippen molar-refractivity contribution in [3.8, 4) is 5.75 Å². The molecular weight excluding hydrogens is 293 g/mol. The zero-order valence-corrected chi connectivity index (χ0v) is 12.2. The molecule has 0 aliphatic rings. The summed E-state index contributed by atoms with van der Waals surface area (Å²) < 4.78 is 18.2. The monoisotopic (exact) mass is 307 g/mol. The van der Waals surface area contributed by atoms with Crippen molar-refractivity contribution in [1.82, 2.24) is 5.32 Å². The smallest absolute Gasteiger partial charge is 0.258 e. The van der Waals surface area contributed by atoms with Crippen LogP contribution in [0.1, 0.15) is 18.5 Å². The van der Waals surface area contributed by atoms with Gasteiger partial charge in [0.2, 0.25) is 0 Å². The first-order valence-corrected chi connectivity index (χ1v) is 6.85. The highest BCUT2D eigenvalue weighted by atomic mass is 35.5. The zero-order chi connectivity index (χ0) is 15.2. The lowest BCUT2D eigenvalue weighted by atomic mass is 10.1. The molecule has 3 nitrogen and oxygen atoms in total. The van der Waals surface area contributed by atoms with E-state index in [1.807, 2.05) is 19.1 Å². The number of benzene rings is 2. The summed E-state index contributed by atoms with van der Waals surface area (Å²) in [6.07, 6.45) is 0. The van der Waals surface area contributed by atoms with Crippen LogP contribution in [0.3, 0.4) is 0 Å². The third kappa shape index (κ3) is 4.76. The average Bonchev–Trinajstić information content (AvgIpc) is 2.46. The van der Waals surface area contributed by atoms with Crippen molar-refractivity contribution in [2.45, 2.75) is 13.0 Å². The Morgan fingerprint density at radius 3 is 2.67 bits per heavy atom. The van der Waals surface area contributed by atoms with Gasteiger partial charge in [-0.05, 0) is 36.8 Å². The number of amides is 1. The normalized spacial score (nSPS) is 11.8. The SMILES string of the molecule is C[C@@H](NC(=O)COc1cccc(F)c1)c1ccc(Cl)cc1. The van der Waals surface area contributed by atoms with Gasteiger partial charge in [-0.25, -0.2) is 4.39 Å². The summed E-state index contributed by atoms with van der Waals surface area (Å²) in [5.74, 6) is -0.353. The van der Waals surface area contributed by atoms with Gasteiger partial charge in [0, 0.05) is 11.1 Å². The van der Waals surface area contributed by atoms with Crippen molar-refractivity contribution in [1.29, 1.82) is 0 Å². The van der Waals surface area contributed by atoms with Crippen LogP contribution in [-0.2, 0) is 4.79 Å². The first kappa shape index (κ1) is 15.3. The largest absolute Gasteiger partial charge is 0.484 e. The fourth-order valence-corrected chi connectivity index (χ4v) is 1.95. The molecule has 0 spiro atoms. The molecule has 2 aromatic rings. The van der Waals surface area contributed by atoms with Crippen LogP contribution in [0.5, 0.6) is 5.75 Å². The first-order valence-electron chi connectivity index (χ1n) is 6.48. The van der Waals surface area contributed by atoms with E-state index in [9.17, 15) is 9.18 Å². The number of hydrogen-bond acceptors (Lipinski definition) is 2. The van der Waals surface area contributed by atoms with Crippen molar-refractivity contribution >= 4 is 17.5 Å². The Kier molecular flexibility index (Phi) is 5.17. The van der Waals surface area contributed by atoms with Crippen LogP contribution in [0.4, 0.5) is 4.39 Å². The molecule has 0 aliphatic heterocycles. The van der Waals surface area contributed by atoms with Gasteiger partial charge in [-0.1, -0.05) is 29.8 Å². The number of hydrogen-bond donors (Lipinski definition) is 1. The second kappa shape index (κ2) is 7.09. The number of halogens is 2. The fourth-order valence-electron chi connectivity index (χ4n) is 1.82. The van der Waals surface area contributed by atoms with Crippen molar-refractivity contribution in [2.24, 2.45) is 0 Å². The maximum Gasteiger partial charge on any atom is 0.258 e. The van der Waals surface area contributed by atoms with Crippen LogP contribution in [0.15, 0.2) is 48.5 Å². The predicted octanol–water partition coefficient (Wildman–Crippen LogP) is 3.74. The van der Waals surface area contributed by atoms with Gasteiger partial charge in [-0.3, -0.25) is 4.79 Å². The topological polar surface area (TPSA) is 38.3 Å². The minimum atomic E-state index is -0.401. The Bertz CT molecular complexity index is 616. The highest BCUT2D eigenvalue weighted by Gasteiger charge is 2.10. The second-order valence-electron chi connectivity index (χ2n) is 4.59. The Hall–Kier alpha value is -2.07. The van der Waals surface area contributed by atoms with Gasteiger partial charge in [0.05, 0.1) is 6.04 Å². The number of carbonyl (C=O) groups excluding carboxylic acids is 1. The fraction of sp³-hybridized carbons (Fsp3) is 0.188. The number of carbonyl (C=O) groups is 1. The van der Waals surface area contributed by atoms with Crippen molar-refractivity contribution in [3.63, 3.8) is 0 Å². The molecule has 5 heteroatoms. The summed E-state index contributed by atoms with van der Waals surface area (Å²) in [6.45, 7) is 1.70. The third-order valence-corrected chi connectivity index (χ3v) is 3.17. The van der Waals surface area contributed by atoms with Crippen LogP contribution >= 0.6 is 11.6 Å². The molecule has 110 valence electrons. The highest BCUT2D eigenvalue weighted by Crippen LogP contribution is 2.16. The molecule has 2 aromatic carbocycles. The standard InChI is InChI=1S/C16H15ClFNO2/c1-11(12-5-7-13(17)8-6-12)19-16(20)10-21-15-4-2-3-14(18)9-15/h2-9,11H,10H2,1H3,(H,19,20)/t11-/m1/s1. The maximum atomic E-state index is 13.0. The molecule has 0 aromatic heterocycles. The Labute approximate surface area is 127 Å². The van der Waals surface area contributed by atoms with Gasteiger partial charge < -0.3 is 10.1 Å². The molecule has 0 unspecified atom stereocenters. The molecule has 1 amide bonds. The number of rotatable bonds is 5. The third-order valence-electron chi connectivity index (χ3n) is 2.91. The van der Waals surface area contributed by atoms with E-state index in [0.29, 0.717) is 10.8 Å². The average molecular weight is 308 g/mol. The van der Waals surface area contributed by atoms with Gasteiger partial charge >= 0.3 is 0 Å². The predicted molar refractivity (Wildman–Crippen MR) is 79.9 cm³/mol. The lowest BCUT2D eigenvalue weighted by Gasteiger charge is -2.14. The quantitative estimate of drug-likeness (QED) is 0.914. The highest BCUT2D eigenvalue weighted by molar-refractivity contribution is 6.30. The maximum absolute atomic E-state index is 13.0. The molecule has 0 saturated carbocycles. The first-order chi connectivity index (χ1) is 10.0. The van der Waals surface area contributed by atoms with E-state index in [-0.39, 0.29) is 18.6 Å². The Morgan fingerprint density at radius 2 is 2.00 bits per heavy atom. The molecule has 0 heterocycles. The van der Waals surface area contributed by atoms with E-state index in [0.717, 1.165) is 5.56 Å². The van der Waals surface area contributed by atoms with Crippen LogP contribution in [-0.4, -0.2) is 12.5 Å². The summed E-state index contributed by atoms with van der Waals surface area (Å²) >= 11 is 5.81. The molecular formula is C16H15ClFNO2. The number of nitrogens with one attached hydrogen (secondary N) is 1. The van der Waals surface area contributed by atoms with E-state index in [2.05, 4.69) is 5.32 Å². The molecule has 0 bridgehead atoms. The van der Waals surface area contributed by atoms with Crippen LogP contribution in [0.2, 0.25) is 5.02 Å². The summed E-state index contributed by atoms with van der Waals surface area (Å²) in [5, 5.41) is 3.44. The minimum absolute atomic E-state index is 0.161. The van der Waals surface area contributed by atoms with Crippen LogP contribution in [0.25, 0.3) is 0 Å². The molecule has 0 radical (unpaired) electrons. The van der Waals surface area contributed by atoms with Gasteiger partial charge in [-0.15, -0.1) is 0 Å². The molecule has 1 atom stereocenters. The summed E-state index contributed by atoms with van der Waals surface area (Å²) in [6, 6.07) is 12.7. The molecule has 0 saturated heterocycles. The molecule has 21 heavy (non-hydrogen) atoms. The van der Waals surface area contributed by atoms with E-state index in [1.54, 1.807) is 18.2 Å². The lowest BCUT2D eigenvalue weighted by molar-refractivity contribution is -0.123. The van der Waals surface area contributed by atoms with Gasteiger partial charge in [0.1, 0.15) is 11.6 Å². The number of ether oxygens (including phenoxy) is 1. The van der Waals surface area contributed by atoms with Gasteiger partial charge in [0.25, 0.3) is 5.91 Å². The second-order valence-corrected chi connectivity index (χ2v) is 5.02. The summed E-state index contributed by atoms with van der Waals surface area (Å²) in [5.41, 5.74) is 0.943. The van der Waals surface area contributed by atoms with Crippen molar-refractivity contribution in [2.75, 3.05) is 6.61 Å². The van der Waals surface area contributed by atoms with Crippen LogP contribution in [0, 0.1) is 5.82 Å².